The smallest absolute Gasteiger partial charge is 0.274 e. The highest BCUT2D eigenvalue weighted by Gasteiger charge is 2.20. The van der Waals surface area contributed by atoms with Crippen molar-refractivity contribution in [3.63, 3.8) is 0 Å². The summed E-state index contributed by atoms with van der Waals surface area (Å²) in [6.45, 7) is 4.64. The average molecular weight is 337 g/mol. The van der Waals surface area contributed by atoms with E-state index in [9.17, 15) is 18.5 Å². The second kappa shape index (κ2) is 5.23. The van der Waals surface area contributed by atoms with Crippen LogP contribution in [0, 0.1) is 17.0 Å². The monoisotopic (exact) mass is 336 g/mol. The molecule has 0 amide bonds. The lowest BCUT2D eigenvalue weighted by molar-refractivity contribution is -0.385. The summed E-state index contributed by atoms with van der Waals surface area (Å²) >= 11 is 3.18. The van der Waals surface area contributed by atoms with E-state index in [0.29, 0.717) is 10.0 Å². The molecular weight excluding hydrogens is 324 g/mol. The van der Waals surface area contributed by atoms with Crippen LogP contribution in [-0.2, 0) is 10.0 Å². The summed E-state index contributed by atoms with van der Waals surface area (Å²) in [6.07, 6.45) is 0. The van der Waals surface area contributed by atoms with Crippen molar-refractivity contribution in [2.24, 2.45) is 0 Å². The zero-order valence-corrected chi connectivity index (χ0v) is 12.5. The van der Waals surface area contributed by atoms with Crippen LogP contribution in [0.25, 0.3) is 0 Å². The largest absolute Gasteiger partial charge is 0.282 e. The molecule has 0 aliphatic rings. The Morgan fingerprint density at radius 2 is 1.94 bits per heavy atom. The van der Waals surface area contributed by atoms with E-state index in [1.54, 1.807) is 6.92 Å². The number of benzene rings is 1. The number of nitrogens with zero attached hydrogens (tertiary/aromatic N) is 1. The Balaban J connectivity index is 3.27. The highest BCUT2D eigenvalue weighted by Crippen LogP contribution is 2.31. The molecule has 0 aromatic heterocycles. The summed E-state index contributed by atoms with van der Waals surface area (Å²) in [5.74, 6) is 0. The molecule has 0 bridgehead atoms. The number of hydrogen-bond acceptors (Lipinski definition) is 4. The first-order chi connectivity index (χ1) is 8.15. The molecule has 100 valence electrons. The van der Waals surface area contributed by atoms with E-state index in [4.69, 9.17) is 0 Å². The fourth-order valence-corrected chi connectivity index (χ4v) is 2.61. The second-order valence-electron chi connectivity index (χ2n) is 4.07. The molecule has 0 aliphatic carbocycles. The zero-order valence-electron chi connectivity index (χ0n) is 10.1. The Bertz CT molecular complexity index is 584. The van der Waals surface area contributed by atoms with Crippen LogP contribution in [0.4, 0.5) is 11.4 Å². The van der Waals surface area contributed by atoms with Gasteiger partial charge in [-0.2, -0.15) is 0 Å². The predicted octanol–water partition coefficient (Wildman–Crippen LogP) is 2.82. The van der Waals surface area contributed by atoms with Crippen molar-refractivity contribution >= 4 is 37.3 Å². The van der Waals surface area contributed by atoms with Crippen molar-refractivity contribution < 1.29 is 13.3 Å². The van der Waals surface area contributed by atoms with Gasteiger partial charge in [-0.15, -0.1) is 0 Å². The fourth-order valence-electron chi connectivity index (χ4n) is 1.21. The number of anilines is 1. The number of hydrogen-bond donors (Lipinski definition) is 1. The fraction of sp³-hybridized carbons (Fsp3) is 0.400. The van der Waals surface area contributed by atoms with Crippen molar-refractivity contribution in [1.29, 1.82) is 0 Å². The van der Waals surface area contributed by atoms with E-state index >= 15 is 0 Å². The van der Waals surface area contributed by atoms with Gasteiger partial charge in [-0.05, 0) is 42.8 Å². The third-order valence-electron chi connectivity index (χ3n) is 2.36. The summed E-state index contributed by atoms with van der Waals surface area (Å²) in [5, 5.41) is 10.2. The maximum absolute atomic E-state index is 11.7. The highest BCUT2D eigenvalue weighted by atomic mass is 79.9. The Kier molecular flexibility index (Phi) is 4.33. The van der Waals surface area contributed by atoms with Crippen LogP contribution < -0.4 is 4.72 Å². The first kappa shape index (κ1) is 14.9. The number of nitro benzene ring substituents is 1. The molecule has 0 atom stereocenters. The molecule has 0 saturated carbocycles. The first-order valence-corrected chi connectivity index (χ1v) is 7.45. The minimum absolute atomic E-state index is 0.125. The van der Waals surface area contributed by atoms with Gasteiger partial charge in [0.2, 0.25) is 10.0 Å². The van der Waals surface area contributed by atoms with E-state index in [1.807, 2.05) is 0 Å². The van der Waals surface area contributed by atoms with Crippen LogP contribution in [0.5, 0.6) is 0 Å². The molecule has 1 N–H and O–H groups in total. The van der Waals surface area contributed by atoms with Crippen molar-refractivity contribution in [2.45, 2.75) is 26.0 Å². The van der Waals surface area contributed by atoms with Gasteiger partial charge >= 0.3 is 0 Å². The van der Waals surface area contributed by atoms with Gasteiger partial charge in [-0.3, -0.25) is 14.8 Å². The number of sulfonamides is 1. The van der Waals surface area contributed by atoms with Crippen LogP contribution in [0.15, 0.2) is 16.6 Å². The normalized spacial score (nSPS) is 11.6. The lowest BCUT2D eigenvalue weighted by Crippen LogP contribution is -2.22. The summed E-state index contributed by atoms with van der Waals surface area (Å²) < 4.78 is 26.2. The van der Waals surface area contributed by atoms with Gasteiger partial charge in [-0.25, -0.2) is 8.42 Å². The van der Waals surface area contributed by atoms with Gasteiger partial charge in [0.25, 0.3) is 5.69 Å². The molecule has 0 fully saturated rings. The molecule has 0 spiro atoms. The van der Waals surface area contributed by atoms with Crippen molar-refractivity contribution in [3.05, 3.63) is 32.3 Å². The molecule has 0 heterocycles. The summed E-state index contributed by atoms with van der Waals surface area (Å²) in [6, 6.07) is 2.72. The minimum Gasteiger partial charge on any atom is -0.282 e. The number of aryl methyl sites for hydroxylation is 1. The van der Waals surface area contributed by atoms with Crippen LogP contribution >= 0.6 is 15.9 Å². The van der Waals surface area contributed by atoms with Crippen LogP contribution in [0.1, 0.15) is 19.4 Å². The number of nitro groups is 1. The van der Waals surface area contributed by atoms with Crippen LogP contribution in [0.3, 0.4) is 0 Å². The molecule has 18 heavy (non-hydrogen) atoms. The van der Waals surface area contributed by atoms with E-state index in [2.05, 4.69) is 20.7 Å². The molecule has 0 unspecified atom stereocenters. The van der Waals surface area contributed by atoms with Gasteiger partial charge in [0.1, 0.15) is 0 Å². The molecule has 1 aromatic carbocycles. The van der Waals surface area contributed by atoms with Crippen molar-refractivity contribution in [1.82, 2.24) is 0 Å². The molecule has 1 rings (SSSR count). The Hall–Kier alpha value is -1.15. The van der Waals surface area contributed by atoms with Gasteiger partial charge in [0, 0.05) is 16.1 Å². The maximum atomic E-state index is 11.7. The topological polar surface area (TPSA) is 89.3 Å². The van der Waals surface area contributed by atoms with Gasteiger partial charge < -0.3 is 0 Å². The van der Waals surface area contributed by atoms with E-state index in [0.717, 1.165) is 0 Å². The Morgan fingerprint density at radius 3 is 2.39 bits per heavy atom. The minimum atomic E-state index is -3.53. The lowest BCUT2D eigenvalue weighted by Gasteiger charge is -2.12. The Morgan fingerprint density at radius 1 is 1.39 bits per heavy atom. The maximum Gasteiger partial charge on any atom is 0.274 e. The number of nitrogens with one attached hydrogen (secondary N) is 1. The van der Waals surface area contributed by atoms with Gasteiger partial charge in [0.15, 0.2) is 0 Å². The molecular formula is C10H13BrN2O4S. The van der Waals surface area contributed by atoms with E-state index in [-0.39, 0.29) is 11.4 Å². The number of halogens is 1. The summed E-state index contributed by atoms with van der Waals surface area (Å²) in [4.78, 5) is 10.3. The lowest BCUT2D eigenvalue weighted by atomic mass is 10.2. The SMILES string of the molecule is Cc1cc(Br)c(NS(=O)(=O)C(C)C)cc1[N+](=O)[O-]. The quantitative estimate of drug-likeness (QED) is 0.676. The molecule has 0 saturated heterocycles. The molecule has 0 aliphatic heterocycles. The van der Waals surface area contributed by atoms with E-state index in [1.165, 1.54) is 26.0 Å². The summed E-state index contributed by atoms with van der Waals surface area (Å²) in [5.41, 5.74) is 0.500. The molecule has 0 radical (unpaired) electrons. The van der Waals surface area contributed by atoms with E-state index < -0.39 is 20.2 Å². The first-order valence-electron chi connectivity index (χ1n) is 5.11. The van der Waals surface area contributed by atoms with Gasteiger partial charge in [-0.1, -0.05) is 0 Å². The molecule has 1 aromatic rings. The average Bonchev–Trinajstić information content (AvgIpc) is 2.21. The van der Waals surface area contributed by atoms with Crippen LogP contribution in [0.2, 0.25) is 0 Å². The number of rotatable bonds is 4. The van der Waals surface area contributed by atoms with Crippen molar-refractivity contribution in [2.75, 3.05) is 4.72 Å². The third-order valence-corrected chi connectivity index (χ3v) is 4.76. The Labute approximate surface area is 114 Å². The second-order valence-corrected chi connectivity index (χ2v) is 7.16. The van der Waals surface area contributed by atoms with Crippen LogP contribution in [-0.4, -0.2) is 18.6 Å². The zero-order chi connectivity index (χ0) is 14.1. The standard InChI is InChI=1S/C10H13BrN2O4S/c1-6(2)18(16,17)12-9-5-10(13(14)15)7(3)4-8(9)11/h4-6,12H,1-3H3. The third kappa shape index (κ3) is 3.20. The van der Waals surface area contributed by atoms with Crippen molar-refractivity contribution in [3.8, 4) is 0 Å². The summed E-state index contributed by atoms with van der Waals surface area (Å²) in [7, 11) is -3.53. The molecule has 8 heteroatoms. The van der Waals surface area contributed by atoms with Gasteiger partial charge in [0.05, 0.1) is 15.9 Å². The predicted molar refractivity (Wildman–Crippen MR) is 73.2 cm³/mol. The molecule has 6 nitrogen and oxygen atoms in total. The highest BCUT2D eigenvalue weighted by molar-refractivity contribution is 9.10.